The van der Waals surface area contributed by atoms with Crippen LogP contribution in [0.4, 0.5) is 16.6 Å². The van der Waals surface area contributed by atoms with E-state index >= 15 is 0 Å². The highest BCUT2D eigenvalue weighted by Gasteiger charge is 2.36. The number of cyclic esters (lactones) is 1. The van der Waals surface area contributed by atoms with Gasteiger partial charge in [0.15, 0.2) is 0 Å². The Labute approximate surface area is 132 Å². The van der Waals surface area contributed by atoms with E-state index in [4.69, 9.17) is 25.8 Å². The Kier molecular flexibility index (Phi) is 4.60. The van der Waals surface area contributed by atoms with Crippen LogP contribution in [-0.4, -0.2) is 68.7 Å². The van der Waals surface area contributed by atoms with Crippen LogP contribution in [0, 0.1) is 0 Å². The molecule has 0 spiro atoms. The van der Waals surface area contributed by atoms with Crippen LogP contribution >= 0.6 is 11.6 Å². The number of anilines is 2. The summed E-state index contributed by atoms with van der Waals surface area (Å²) in [6, 6.07) is 1.34. The van der Waals surface area contributed by atoms with E-state index < -0.39 is 6.09 Å². The Bertz CT molecular complexity index is 553. The first-order valence-electron chi connectivity index (χ1n) is 7.01. The van der Waals surface area contributed by atoms with Gasteiger partial charge in [-0.3, -0.25) is 4.90 Å². The zero-order valence-electron chi connectivity index (χ0n) is 12.2. The molecule has 2 saturated heterocycles. The number of carbonyl (C=O) groups is 1. The SMILES string of the molecule is COC[C@H]1COC(=O)N1c1cc(Cl)nc(N2CCOCC2)n1. The van der Waals surface area contributed by atoms with Gasteiger partial charge in [-0.05, 0) is 0 Å². The molecule has 2 aliphatic rings. The van der Waals surface area contributed by atoms with Crippen molar-refractivity contribution in [3.05, 3.63) is 11.2 Å². The second kappa shape index (κ2) is 6.64. The number of morpholine rings is 1. The van der Waals surface area contributed by atoms with Crippen molar-refractivity contribution in [2.45, 2.75) is 6.04 Å². The lowest BCUT2D eigenvalue weighted by Gasteiger charge is -2.28. The van der Waals surface area contributed by atoms with Gasteiger partial charge >= 0.3 is 6.09 Å². The number of nitrogens with zero attached hydrogens (tertiary/aromatic N) is 4. The minimum atomic E-state index is -0.454. The summed E-state index contributed by atoms with van der Waals surface area (Å²) in [5.41, 5.74) is 0. The molecule has 2 aliphatic heterocycles. The van der Waals surface area contributed by atoms with E-state index in [-0.39, 0.29) is 17.8 Å². The predicted octanol–water partition coefficient (Wildman–Crippen LogP) is 0.938. The number of halogens is 1. The van der Waals surface area contributed by atoms with Crippen molar-refractivity contribution in [2.75, 3.05) is 56.4 Å². The Morgan fingerprint density at radius 3 is 2.91 bits per heavy atom. The monoisotopic (exact) mass is 328 g/mol. The van der Waals surface area contributed by atoms with Crippen LogP contribution in [0.3, 0.4) is 0 Å². The molecular formula is C13H17ClN4O4. The van der Waals surface area contributed by atoms with Gasteiger partial charge < -0.3 is 19.1 Å². The van der Waals surface area contributed by atoms with Gasteiger partial charge in [0.2, 0.25) is 5.95 Å². The fraction of sp³-hybridized carbons (Fsp3) is 0.615. The van der Waals surface area contributed by atoms with E-state index in [1.54, 1.807) is 13.2 Å². The molecule has 0 N–H and O–H groups in total. The molecule has 1 atom stereocenters. The number of carbonyl (C=O) groups excluding carboxylic acids is 1. The van der Waals surface area contributed by atoms with Crippen molar-refractivity contribution in [1.82, 2.24) is 9.97 Å². The lowest BCUT2D eigenvalue weighted by molar-refractivity contribution is 0.122. The molecule has 0 radical (unpaired) electrons. The van der Waals surface area contributed by atoms with Gasteiger partial charge in [-0.2, -0.15) is 4.98 Å². The van der Waals surface area contributed by atoms with Crippen molar-refractivity contribution >= 4 is 29.5 Å². The second-order valence-electron chi connectivity index (χ2n) is 5.00. The third kappa shape index (κ3) is 3.08. The average molecular weight is 329 g/mol. The van der Waals surface area contributed by atoms with Crippen LogP contribution in [0.15, 0.2) is 6.07 Å². The van der Waals surface area contributed by atoms with E-state index in [0.717, 1.165) is 0 Å². The number of hydrogen-bond donors (Lipinski definition) is 0. The summed E-state index contributed by atoms with van der Waals surface area (Å²) >= 11 is 6.10. The van der Waals surface area contributed by atoms with Crippen LogP contribution in [0.1, 0.15) is 0 Å². The molecule has 0 aromatic carbocycles. The van der Waals surface area contributed by atoms with Crippen LogP contribution in [0.25, 0.3) is 0 Å². The Hall–Kier alpha value is -1.64. The lowest BCUT2D eigenvalue weighted by Crippen LogP contribution is -2.39. The summed E-state index contributed by atoms with van der Waals surface area (Å²) in [7, 11) is 1.58. The zero-order valence-corrected chi connectivity index (χ0v) is 13.0. The lowest BCUT2D eigenvalue weighted by atomic mass is 10.3. The summed E-state index contributed by atoms with van der Waals surface area (Å²) in [5, 5.41) is 0.280. The van der Waals surface area contributed by atoms with Crippen molar-refractivity contribution < 1.29 is 19.0 Å². The number of hydrogen-bond acceptors (Lipinski definition) is 7. The Balaban J connectivity index is 1.89. The van der Waals surface area contributed by atoms with Crippen molar-refractivity contribution in [2.24, 2.45) is 0 Å². The van der Waals surface area contributed by atoms with E-state index in [1.807, 2.05) is 4.90 Å². The van der Waals surface area contributed by atoms with Gasteiger partial charge in [0, 0.05) is 26.3 Å². The van der Waals surface area contributed by atoms with Crippen LogP contribution in [0.2, 0.25) is 5.15 Å². The summed E-state index contributed by atoms with van der Waals surface area (Å²) in [6.07, 6.45) is -0.454. The van der Waals surface area contributed by atoms with Gasteiger partial charge in [0.05, 0.1) is 25.9 Å². The third-order valence-corrected chi connectivity index (χ3v) is 3.72. The van der Waals surface area contributed by atoms with Gasteiger partial charge in [0.1, 0.15) is 17.6 Å². The predicted molar refractivity (Wildman–Crippen MR) is 79.6 cm³/mol. The summed E-state index contributed by atoms with van der Waals surface area (Å²) in [4.78, 5) is 24.1. The second-order valence-corrected chi connectivity index (χ2v) is 5.39. The van der Waals surface area contributed by atoms with E-state index in [2.05, 4.69) is 9.97 Å². The zero-order chi connectivity index (χ0) is 15.5. The van der Waals surface area contributed by atoms with E-state index in [9.17, 15) is 4.79 Å². The summed E-state index contributed by atoms with van der Waals surface area (Å²) < 4.78 is 15.5. The van der Waals surface area contributed by atoms with Crippen molar-refractivity contribution in [3.8, 4) is 0 Å². The molecule has 8 nitrogen and oxygen atoms in total. The molecule has 120 valence electrons. The van der Waals surface area contributed by atoms with E-state index in [1.165, 1.54) is 4.90 Å². The maximum absolute atomic E-state index is 12.0. The van der Waals surface area contributed by atoms with Gasteiger partial charge in [-0.15, -0.1) is 0 Å². The number of amides is 1. The highest BCUT2D eigenvalue weighted by atomic mass is 35.5. The third-order valence-electron chi connectivity index (χ3n) is 3.53. The van der Waals surface area contributed by atoms with Crippen molar-refractivity contribution in [1.29, 1.82) is 0 Å². The fourth-order valence-electron chi connectivity index (χ4n) is 2.48. The minimum Gasteiger partial charge on any atom is -0.447 e. The molecule has 0 bridgehead atoms. The minimum absolute atomic E-state index is 0.221. The topological polar surface area (TPSA) is 77.0 Å². The maximum atomic E-state index is 12.0. The number of rotatable bonds is 4. The van der Waals surface area contributed by atoms with Crippen LogP contribution < -0.4 is 9.80 Å². The maximum Gasteiger partial charge on any atom is 0.416 e. The molecular weight excluding hydrogens is 312 g/mol. The first-order chi connectivity index (χ1) is 10.7. The highest BCUT2D eigenvalue weighted by Crippen LogP contribution is 2.26. The molecule has 0 saturated carbocycles. The first kappa shape index (κ1) is 15.3. The number of aromatic nitrogens is 2. The Morgan fingerprint density at radius 2 is 2.18 bits per heavy atom. The molecule has 1 aromatic rings. The van der Waals surface area contributed by atoms with Crippen LogP contribution in [0.5, 0.6) is 0 Å². The largest absolute Gasteiger partial charge is 0.447 e. The molecule has 9 heteroatoms. The molecule has 1 amide bonds. The van der Waals surface area contributed by atoms with Gasteiger partial charge in [-0.1, -0.05) is 11.6 Å². The molecule has 3 heterocycles. The smallest absolute Gasteiger partial charge is 0.416 e. The van der Waals surface area contributed by atoms with Gasteiger partial charge in [0.25, 0.3) is 0 Å². The summed E-state index contributed by atoms with van der Waals surface area (Å²) in [5.74, 6) is 0.910. The van der Waals surface area contributed by atoms with Crippen LogP contribution in [-0.2, 0) is 14.2 Å². The Morgan fingerprint density at radius 1 is 1.41 bits per heavy atom. The highest BCUT2D eigenvalue weighted by molar-refractivity contribution is 6.29. The molecule has 0 unspecified atom stereocenters. The first-order valence-corrected chi connectivity index (χ1v) is 7.39. The molecule has 1 aromatic heterocycles. The molecule has 22 heavy (non-hydrogen) atoms. The van der Waals surface area contributed by atoms with Crippen molar-refractivity contribution in [3.63, 3.8) is 0 Å². The molecule has 2 fully saturated rings. The standard InChI is InChI=1S/C13H17ClN4O4/c1-20-7-9-8-22-13(19)18(9)11-6-10(14)15-12(16-11)17-2-4-21-5-3-17/h6,9H,2-5,7-8H2,1H3/t9-/m0/s1. The fourth-order valence-corrected chi connectivity index (χ4v) is 2.65. The molecule has 3 rings (SSSR count). The quantitative estimate of drug-likeness (QED) is 0.761. The molecule has 0 aliphatic carbocycles. The number of ether oxygens (including phenoxy) is 3. The average Bonchev–Trinajstić information content (AvgIpc) is 2.89. The number of methoxy groups -OCH3 is 1. The summed E-state index contributed by atoms with van der Waals surface area (Å²) in [6.45, 7) is 3.23. The normalized spacial score (nSPS) is 22.1. The van der Waals surface area contributed by atoms with Gasteiger partial charge in [-0.25, -0.2) is 9.78 Å². The van der Waals surface area contributed by atoms with E-state index in [0.29, 0.717) is 44.7 Å².